The predicted molar refractivity (Wildman–Crippen MR) is 94.5 cm³/mol. The standard InChI is InChI=1S/C20H28O6/c1-3-20(4-2,18(22)25-13-15-9-6-5-7-10-15)19(23)26-14-16(21)17-11-8-12-24-17/h8,11-12,15H,3-7,9-10,13-14H2,1-2H3. The Balaban J connectivity index is 1.93. The fraction of sp³-hybridized carbons (Fsp3) is 0.650. The first-order chi connectivity index (χ1) is 12.5. The lowest BCUT2D eigenvalue weighted by Crippen LogP contribution is -2.42. The van der Waals surface area contributed by atoms with Crippen molar-refractivity contribution in [2.24, 2.45) is 11.3 Å². The number of ether oxygens (including phenoxy) is 2. The number of esters is 2. The number of Topliss-reactive ketones (excluding diaryl/α,β-unsaturated/α-hetero) is 1. The molecule has 0 radical (unpaired) electrons. The second-order valence-corrected chi connectivity index (χ2v) is 6.87. The van der Waals surface area contributed by atoms with Crippen LogP contribution in [0.25, 0.3) is 0 Å². The molecule has 2 rings (SSSR count). The zero-order chi connectivity index (χ0) is 19.0. The summed E-state index contributed by atoms with van der Waals surface area (Å²) in [4.78, 5) is 37.2. The molecule has 0 aliphatic heterocycles. The second kappa shape index (κ2) is 9.55. The smallest absolute Gasteiger partial charge is 0.323 e. The number of furan rings is 1. The van der Waals surface area contributed by atoms with Crippen molar-refractivity contribution in [1.82, 2.24) is 0 Å². The van der Waals surface area contributed by atoms with E-state index < -0.39 is 29.7 Å². The van der Waals surface area contributed by atoms with E-state index in [1.807, 2.05) is 0 Å². The van der Waals surface area contributed by atoms with Crippen LogP contribution in [0.15, 0.2) is 22.8 Å². The van der Waals surface area contributed by atoms with Crippen molar-refractivity contribution >= 4 is 17.7 Å². The monoisotopic (exact) mass is 364 g/mol. The van der Waals surface area contributed by atoms with E-state index in [2.05, 4.69) is 0 Å². The van der Waals surface area contributed by atoms with E-state index in [0.717, 1.165) is 25.7 Å². The first-order valence-electron chi connectivity index (χ1n) is 9.44. The molecule has 1 aliphatic rings. The van der Waals surface area contributed by atoms with Crippen molar-refractivity contribution in [2.75, 3.05) is 13.2 Å². The number of hydrogen-bond acceptors (Lipinski definition) is 6. The Morgan fingerprint density at radius 3 is 2.31 bits per heavy atom. The Kier molecular flexibility index (Phi) is 7.42. The molecule has 0 spiro atoms. The highest BCUT2D eigenvalue weighted by atomic mass is 16.6. The van der Waals surface area contributed by atoms with Crippen molar-refractivity contribution in [3.05, 3.63) is 24.2 Å². The summed E-state index contributed by atoms with van der Waals surface area (Å²) in [5, 5.41) is 0. The molecule has 1 aromatic heterocycles. The SMILES string of the molecule is CCC(CC)(C(=O)OCC(=O)c1ccco1)C(=O)OCC1CCCCC1. The second-order valence-electron chi connectivity index (χ2n) is 6.87. The van der Waals surface area contributed by atoms with Gasteiger partial charge in [0.1, 0.15) is 0 Å². The molecule has 0 N–H and O–H groups in total. The van der Waals surface area contributed by atoms with E-state index in [-0.39, 0.29) is 18.6 Å². The largest absolute Gasteiger partial charge is 0.465 e. The van der Waals surface area contributed by atoms with Crippen LogP contribution in [0.3, 0.4) is 0 Å². The van der Waals surface area contributed by atoms with E-state index in [1.54, 1.807) is 19.9 Å². The van der Waals surface area contributed by atoms with Crippen molar-refractivity contribution in [3.8, 4) is 0 Å². The molecule has 1 saturated carbocycles. The molecular weight excluding hydrogens is 336 g/mol. The number of carbonyl (C=O) groups excluding carboxylic acids is 3. The zero-order valence-corrected chi connectivity index (χ0v) is 15.6. The molecule has 1 fully saturated rings. The number of rotatable bonds is 9. The lowest BCUT2D eigenvalue weighted by molar-refractivity contribution is -0.173. The van der Waals surface area contributed by atoms with Gasteiger partial charge >= 0.3 is 11.9 Å². The summed E-state index contributed by atoms with van der Waals surface area (Å²) in [6, 6.07) is 3.08. The molecule has 1 aromatic rings. The van der Waals surface area contributed by atoms with E-state index in [1.165, 1.54) is 18.8 Å². The Morgan fingerprint density at radius 2 is 1.73 bits per heavy atom. The maximum Gasteiger partial charge on any atom is 0.323 e. The lowest BCUT2D eigenvalue weighted by atomic mass is 9.82. The molecule has 0 saturated heterocycles. The highest BCUT2D eigenvalue weighted by molar-refractivity contribution is 6.01. The summed E-state index contributed by atoms with van der Waals surface area (Å²) >= 11 is 0. The molecule has 6 nitrogen and oxygen atoms in total. The molecular formula is C20H28O6. The Morgan fingerprint density at radius 1 is 1.08 bits per heavy atom. The molecule has 0 aromatic carbocycles. The first kappa shape index (κ1) is 20.2. The van der Waals surface area contributed by atoms with Crippen LogP contribution in [-0.4, -0.2) is 30.9 Å². The molecule has 6 heteroatoms. The van der Waals surface area contributed by atoms with Gasteiger partial charge in [-0.15, -0.1) is 0 Å². The average Bonchev–Trinajstić information content (AvgIpc) is 3.21. The van der Waals surface area contributed by atoms with Crippen LogP contribution in [0.4, 0.5) is 0 Å². The fourth-order valence-electron chi connectivity index (χ4n) is 3.37. The van der Waals surface area contributed by atoms with Gasteiger partial charge in [-0.3, -0.25) is 14.4 Å². The molecule has 1 heterocycles. The fourth-order valence-corrected chi connectivity index (χ4v) is 3.37. The van der Waals surface area contributed by atoms with Gasteiger partial charge in [0.25, 0.3) is 0 Å². The van der Waals surface area contributed by atoms with Crippen molar-refractivity contribution in [2.45, 2.75) is 58.8 Å². The van der Waals surface area contributed by atoms with Gasteiger partial charge in [-0.2, -0.15) is 0 Å². The third kappa shape index (κ3) is 4.74. The minimum absolute atomic E-state index is 0.122. The number of hydrogen-bond donors (Lipinski definition) is 0. The highest BCUT2D eigenvalue weighted by Gasteiger charge is 2.46. The van der Waals surface area contributed by atoms with Gasteiger partial charge in [0.05, 0.1) is 12.9 Å². The molecule has 0 bridgehead atoms. The van der Waals surface area contributed by atoms with Crippen LogP contribution in [0, 0.1) is 11.3 Å². The quantitative estimate of drug-likeness (QED) is 0.375. The molecule has 144 valence electrons. The third-order valence-electron chi connectivity index (χ3n) is 5.29. The minimum Gasteiger partial charge on any atom is -0.465 e. The van der Waals surface area contributed by atoms with E-state index in [4.69, 9.17) is 13.9 Å². The van der Waals surface area contributed by atoms with Gasteiger partial charge in [0.2, 0.25) is 5.78 Å². The maximum absolute atomic E-state index is 12.7. The maximum atomic E-state index is 12.7. The van der Waals surface area contributed by atoms with Crippen LogP contribution in [0.5, 0.6) is 0 Å². The number of carbonyl (C=O) groups is 3. The van der Waals surface area contributed by atoms with Crippen molar-refractivity contribution in [3.63, 3.8) is 0 Å². The highest BCUT2D eigenvalue weighted by Crippen LogP contribution is 2.31. The van der Waals surface area contributed by atoms with Gasteiger partial charge in [-0.05, 0) is 43.7 Å². The minimum atomic E-state index is -1.36. The van der Waals surface area contributed by atoms with Crippen LogP contribution in [0.1, 0.15) is 69.3 Å². The lowest BCUT2D eigenvalue weighted by Gasteiger charge is -2.28. The molecule has 0 amide bonds. The molecule has 0 unspecified atom stereocenters. The van der Waals surface area contributed by atoms with Crippen LogP contribution >= 0.6 is 0 Å². The van der Waals surface area contributed by atoms with E-state index >= 15 is 0 Å². The summed E-state index contributed by atoms with van der Waals surface area (Å²) in [6.07, 6.45) is 7.56. The predicted octanol–water partition coefficient (Wildman–Crippen LogP) is 3.94. The summed E-state index contributed by atoms with van der Waals surface area (Å²) in [7, 11) is 0. The van der Waals surface area contributed by atoms with Gasteiger partial charge in [-0.25, -0.2) is 0 Å². The molecule has 26 heavy (non-hydrogen) atoms. The van der Waals surface area contributed by atoms with E-state index in [9.17, 15) is 14.4 Å². The summed E-state index contributed by atoms with van der Waals surface area (Å²) in [5.41, 5.74) is -1.36. The summed E-state index contributed by atoms with van der Waals surface area (Å²) in [5.74, 6) is -1.22. The number of ketones is 1. The van der Waals surface area contributed by atoms with Crippen molar-refractivity contribution < 1.29 is 28.3 Å². The third-order valence-corrected chi connectivity index (χ3v) is 5.29. The normalized spacial score (nSPS) is 15.5. The molecule has 1 aliphatic carbocycles. The van der Waals surface area contributed by atoms with E-state index in [0.29, 0.717) is 12.5 Å². The summed E-state index contributed by atoms with van der Waals surface area (Å²) in [6.45, 7) is 3.39. The van der Waals surface area contributed by atoms with Crippen LogP contribution < -0.4 is 0 Å². The topological polar surface area (TPSA) is 82.8 Å². The first-order valence-corrected chi connectivity index (χ1v) is 9.44. The van der Waals surface area contributed by atoms with Gasteiger partial charge < -0.3 is 13.9 Å². The van der Waals surface area contributed by atoms with Gasteiger partial charge in [0.15, 0.2) is 17.8 Å². The van der Waals surface area contributed by atoms with Crippen molar-refractivity contribution in [1.29, 1.82) is 0 Å². The Labute approximate surface area is 154 Å². The van der Waals surface area contributed by atoms with Gasteiger partial charge in [-0.1, -0.05) is 33.1 Å². The van der Waals surface area contributed by atoms with Crippen LogP contribution in [0.2, 0.25) is 0 Å². The van der Waals surface area contributed by atoms with Crippen LogP contribution in [-0.2, 0) is 19.1 Å². The average molecular weight is 364 g/mol. The Hall–Kier alpha value is -2.11. The molecule has 0 atom stereocenters. The Bertz CT molecular complexity index is 594. The van der Waals surface area contributed by atoms with Gasteiger partial charge in [0, 0.05) is 0 Å². The summed E-state index contributed by atoms with van der Waals surface area (Å²) < 4.78 is 15.6. The zero-order valence-electron chi connectivity index (χ0n) is 15.6.